The third kappa shape index (κ3) is 3.56. The standard InChI is InChI=1S/C20H21F3N4O2/c1-18(29,13-3-5-15(6-4-13)27-10-2-9-25-27)16(28)17-24-12-14(26-17)11-19(7-8-19)20(21,22)23/h2-6,9-10,12,16,28-29H,7-8,11H2,1H3,(H,24,26)/t16-,18-/m0/s1. The number of H-pyrrole nitrogens is 1. The van der Waals surface area contributed by atoms with Gasteiger partial charge in [-0.2, -0.15) is 18.3 Å². The number of imidazole rings is 1. The molecule has 3 N–H and O–H groups in total. The monoisotopic (exact) mass is 406 g/mol. The van der Waals surface area contributed by atoms with Gasteiger partial charge in [0, 0.05) is 30.7 Å². The summed E-state index contributed by atoms with van der Waals surface area (Å²) in [5, 5.41) is 25.7. The average molecular weight is 406 g/mol. The molecule has 0 spiro atoms. The molecule has 0 bridgehead atoms. The Hall–Kier alpha value is -2.65. The van der Waals surface area contributed by atoms with Crippen molar-refractivity contribution in [3.05, 3.63) is 66.0 Å². The van der Waals surface area contributed by atoms with Gasteiger partial charge in [-0.15, -0.1) is 0 Å². The molecule has 0 amide bonds. The molecule has 3 aromatic rings. The van der Waals surface area contributed by atoms with Gasteiger partial charge in [-0.05, 0) is 43.5 Å². The Morgan fingerprint density at radius 3 is 2.48 bits per heavy atom. The zero-order chi connectivity index (χ0) is 20.9. The molecule has 2 aromatic heterocycles. The van der Waals surface area contributed by atoms with E-state index in [-0.39, 0.29) is 25.1 Å². The van der Waals surface area contributed by atoms with Crippen LogP contribution in [-0.2, 0) is 12.0 Å². The maximum atomic E-state index is 13.2. The number of aromatic amines is 1. The molecule has 1 fully saturated rings. The predicted molar refractivity (Wildman–Crippen MR) is 98.1 cm³/mol. The largest absolute Gasteiger partial charge is 0.394 e. The highest BCUT2D eigenvalue weighted by molar-refractivity contribution is 5.36. The van der Waals surface area contributed by atoms with Crippen LogP contribution in [0.3, 0.4) is 0 Å². The summed E-state index contributed by atoms with van der Waals surface area (Å²) in [6, 6.07) is 8.60. The lowest BCUT2D eigenvalue weighted by Crippen LogP contribution is -2.31. The number of halogens is 3. The minimum atomic E-state index is -4.27. The van der Waals surface area contributed by atoms with Crippen LogP contribution in [0, 0.1) is 5.41 Å². The van der Waals surface area contributed by atoms with Crippen LogP contribution < -0.4 is 0 Å². The molecule has 154 valence electrons. The lowest BCUT2D eigenvalue weighted by Gasteiger charge is -2.28. The molecule has 0 unspecified atom stereocenters. The maximum Gasteiger partial charge on any atom is 0.394 e. The molecule has 1 aliphatic rings. The molecule has 1 aliphatic carbocycles. The van der Waals surface area contributed by atoms with E-state index in [1.54, 1.807) is 47.4 Å². The molecule has 1 aromatic carbocycles. The molecular weight excluding hydrogens is 385 g/mol. The van der Waals surface area contributed by atoms with E-state index >= 15 is 0 Å². The number of aliphatic hydroxyl groups excluding tert-OH is 1. The summed E-state index contributed by atoms with van der Waals surface area (Å²) in [7, 11) is 0. The Kier molecular flexibility index (Phi) is 4.54. The van der Waals surface area contributed by atoms with E-state index in [0.29, 0.717) is 11.3 Å². The van der Waals surface area contributed by atoms with Crippen LogP contribution in [0.5, 0.6) is 0 Å². The van der Waals surface area contributed by atoms with Gasteiger partial charge in [0.2, 0.25) is 0 Å². The van der Waals surface area contributed by atoms with Crippen molar-refractivity contribution in [3.63, 3.8) is 0 Å². The van der Waals surface area contributed by atoms with Crippen molar-refractivity contribution in [1.82, 2.24) is 19.7 Å². The number of aromatic nitrogens is 4. The zero-order valence-electron chi connectivity index (χ0n) is 15.7. The van der Waals surface area contributed by atoms with E-state index in [1.165, 1.54) is 13.1 Å². The molecule has 6 nitrogen and oxygen atoms in total. The van der Waals surface area contributed by atoms with E-state index < -0.39 is 23.3 Å². The summed E-state index contributed by atoms with van der Waals surface area (Å²) in [6.07, 6.45) is -1.02. The van der Waals surface area contributed by atoms with Crippen LogP contribution in [0.25, 0.3) is 5.69 Å². The first kappa shape index (κ1) is 19.7. The highest BCUT2D eigenvalue weighted by Crippen LogP contribution is 2.59. The topological polar surface area (TPSA) is 87.0 Å². The lowest BCUT2D eigenvalue weighted by molar-refractivity contribution is -0.186. The second-order valence-corrected chi connectivity index (χ2v) is 7.80. The molecule has 29 heavy (non-hydrogen) atoms. The number of alkyl halides is 3. The van der Waals surface area contributed by atoms with Gasteiger partial charge in [0.05, 0.1) is 11.1 Å². The molecule has 0 saturated heterocycles. The Morgan fingerprint density at radius 1 is 1.24 bits per heavy atom. The Bertz CT molecular complexity index is 974. The van der Waals surface area contributed by atoms with Crippen molar-refractivity contribution in [2.45, 2.75) is 44.1 Å². The third-order valence-electron chi connectivity index (χ3n) is 5.64. The van der Waals surface area contributed by atoms with Crippen molar-refractivity contribution in [3.8, 4) is 5.69 Å². The summed E-state index contributed by atoms with van der Waals surface area (Å²) in [5.74, 6) is 0.0270. The predicted octanol–water partition coefficient (Wildman–Crippen LogP) is 3.42. The van der Waals surface area contributed by atoms with Crippen LogP contribution >= 0.6 is 0 Å². The Labute approximate surface area is 165 Å². The van der Waals surface area contributed by atoms with Gasteiger partial charge < -0.3 is 15.2 Å². The van der Waals surface area contributed by atoms with E-state index in [2.05, 4.69) is 15.1 Å². The van der Waals surface area contributed by atoms with Crippen molar-refractivity contribution in [1.29, 1.82) is 0 Å². The maximum absolute atomic E-state index is 13.2. The zero-order valence-corrected chi connectivity index (χ0v) is 15.7. The summed E-state index contributed by atoms with van der Waals surface area (Å²) in [6.45, 7) is 1.43. The van der Waals surface area contributed by atoms with Gasteiger partial charge >= 0.3 is 6.18 Å². The van der Waals surface area contributed by atoms with Gasteiger partial charge in [-0.25, -0.2) is 9.67 Å². The highest BCUT2D eigenvalue weighted by atomic mass is 19.4. The molecule has 4 rings (SSSR count). The number of hydrogen-bond donors (Lipinski definition) is 3. The molecule has 9 heteroatoms. The Balaban J connectivity index is 1.51. The number of benzene rings is 1. The lowest BCUT2D eigenvalue weighted by atomic mass is 9.89. The minimum Gasteiger partial charge on any atom is -0.382 e. The molecular formula is C20H21F3N4O2. The van der Waals surface area contributed by atoms with Crippen molar-refractivity contribution < 1.29 is 23.4 Å². The Morgan fingerprint density at radius 2 is 1.93 bits per heavy atom. The summed E-state index contributed by atoms with van der Waals surface area (Å²) in [5.41, 5.74) is -1.89. The quantitative estimate of drug-likeness (QED) is 0.586. The van der Waals surface area contributed by atoms with Crippen LogP contribution in [0.15, 0.2) is 48.9 Å². The smallest absolute Gasteiger partial charge is 0.382 e. The highest BCUT2D eigenvalue weighted by Gasteiger charge is 2.63. The summed E-state index contributed by atoms with van der Waals surface area (Å²) >= 11 is 0. The fourth-order valence-electron chi connectivity index (χ4n) is 3.48. The number of nitrogens with one attached hydrogen (secondary N) is 1. The van der Waals surface area contributed by atoms with Gasteiger partial charge in [0.25, 0.3) is 0 Å². The van der Waals surface area contributed by atoms with Crippen molar-refractivity contribution >= 4 is 0 Å². The van der Waals surface area contributed by atoms with E-state index in [0.717, 1.165) is 5.69 Å². The first-order chi connectivity index (χ1) is 13.6. The summed E-state index contributed by atoms with van der Waals surface area (Å²) < 4.78 is 41.1. The number of aliphatic hydroxyl groups is 2. The van der Waals surface area contributed by atoms with Gasteiger partial charge in [0.15, 0.2) is 0 Å². The van der Waals surface area contributed by atoms with Crippen LogP contribution in [0.2, 0.25) is 0 Å². The fourth-order valence-corrected chi connectivity index (χ4v) is 3.48. The fraction of sp³-hybridized carbons (Fsp3) is 0.400. The molecule has 2 atom stereocenters. The van der Waals surface area contributed by atoms with Crippen molar-refractivity contribution in [2.75, 3.05) is 0 Å². The molecule has 0 radical (unpaired) electrons. The van der Waals surface area contributed by atoms with Gasteiger partial charge in [-0.3, -0.25) is 0 Å². The number of nitrogens with zero attached hydrogens (tertiary/aromatic N) is 3. The first-order valence-electron chi connectivity index (χ1n) is 9.24. The second-order valence-electron chi connectivity index (χ2n) is 7.80. The van der Waals surface area contributed by atoms with Crippen LogP contribution in [0.1, 0.15) is 43.0 Å². The minimum absolute atomic E-state index is 0.0270. The third-order valence-corrected chi connectivity index (χ3v) is 5.64. The van der Waals surface area contributed by atoms with Gasteiger partial charge in [-0.1, -0.05) is 12.1 Å². The molecule has 2 heterocycles. The summed E-state index contributed by atoms with van der Waals surface area (Å²) in [4.78, 5) is 6.77. The number of rotatable bonds is 6. The van der Waals surface area contributed by atoms with E-state index in [1.807, 2.05) is 0 Å². The SMILES string of the molecule is C[C@](O)(c1ccc(-n2cccn2)cc1)[C@@H](O)c1ncc(CC2(C(F)(F)F)CC2)[nH]1. The van der Waals surface area contributed by atoms with Crippen LogP contribution in [-0.4, -0.2) is 36.1 Å². The molecule has 1 saturated carbocycles. The van der Waals surface area contributed by atoms with Crippen LogP contribution in [0.4, 0.5) is 13.2 Å². The normalized spacial score (nSPS) is 19.0. The second kappa shape index (κ2) is 6.70. The number of hydrogen-bond acceptors (Lipinski definition) is 4. The van der Waals surface area contributed by atoms with Crippen molar-refractivity contribution in [2.24, 2.45) is 5.41 Å². The van der Waals surface area contributed by atoms with E-state index in [4.69, 9.17) is 0 Å². The molecule has 0 aliphatic heterocycles. The average Bonchev–Trinajstić information content (AvgIpc) is 3.09. The van der Waals surface area contributed by atoms with Gasteiger partial charge in [0.1, 0.15) is 17.5 Å². The first-order valence-corrected chi connectivity index (χ1v) is 9.24. The van der Waals surface area contributed by atoms with E-state index in [9.17, 15) is 23.4 Å².